The van der Waals surface area contributed by atoms with Crippen molar-refractivity contribution < 1.29 is 32.6 Å². The van der Waals surface area contributed by atoms with E-state index in [1.54, 1.807) is 0 Å². The molecular weight excluding hydrogens is 241 g/mol. The number of carboxylic acids is 1. The number of hydrogen-bond donors (Lipinski definition) is 1. The first-order valence-corrected chi connectivity index (χ1v) is 5.05. The van der Waals surface area contributed by atoms with Crippen LogP contribution in [0.3, 0.4) is 0 Å². The minimum absolute atomic E-state index is 0.168. The molecule has 0 radical (unpaired) electrons. The number of hydrogen-bond acceptors (Lipinski definition) is 3. The highest BCUT2D eigenvalue weighted by Gasteiger charge is 2.56. The molecular formula is C10H15F3O4. The van der Waals surface area contributed by atoms with Gasteiger partial charge in [-0.15, -0.1) is 0 Å². The Bertz CT molecular complexity index is 298. The number of carbonyl (C=O) groups excluding carboxylic acids is 1. The molecule has 0 aromatic rings. The molecule has 0 fully saturated rings. The number of carboxylic acid groups (broad SMARTS) is 1. The zero-order chi connectivity index (χ0) is 13.9. The van der Waals surface area contributed by atoms with E-state index in [0.717, 1.165) is 0 Å². The van der Waals surface area contributed by atoms with Crippen LogP contribution in [-0.2, 0) is 14.3 Å². The average Bonchev–Trinajstić information content (AvgIpc) is 2.11. The maximum atomic E-state index is 12.4. The Kier molecular flexibility index (Phi) is 4.97. The van der Waals surface area contributed by atoms with Crippen molar-refractivity contribution in [1.29, 1.82) is 0 Å². The van der Waals surface area contributed by atoms with Crippen LogP contribution in [0.2, 0.25) is 0 Å². The molecule has 1 unspecified atom stereocenters. The van der Waals surface area contributed by atoms with Crippen LogP contribution in [0.1, 0.15) is 27.2 Å². The van der Waals surface area contributed by atoms with Crippen LogP contribution in [0.5, 0.6) is 0 Å². The van der Waals surface area contributed by atoms with Gasteiger partial charge in [0.2, 0.25) is 0 Å². The summed E-state index contributed by atoms with van der Waals surface area (Å²) in [6, 6.07) is 0. The largest absolute Gasteiger partial charge is 0.480 e. The van der Waals surface area contributed by atoms with E-state index in [9.17, 15) is 22.8 Å². The SMILES string of the molecule is CCOC(=O)C(CC(F)(F)F)(C(=O)O)C(C)C. The van der Waals surface area contributed by atoms with Gasteiger partial charge >= 0.3 is 18.1 Å². The number of esters is 1. The smallest absolute Gasteiger partial charge is 0.390 e. The van der Waals surface area contributed by atoms with Crippen LogP contribution in [-0.4, -0.2) is 29.8 Å². The molecule has 0 aliphatic heterocycles. The Balaban J connectivity index is 5.44. The van der Waals surface area contributed by atoms with Crippen LogP contribution in [0.4, 0.5) is 13.2 Å². The van der Waals surface area contributed by atoms with Crippen molar-refractivity contribution in [2.24, 2.45) is 11.3 Å². The van der Waals surface area contributed by atoms with E-state index in [-0.39, 0.29) is 6.61 Å². The molecule has 4 nitrogen and oxygen atoms in total. The number of aliphatic carboxylic acids is 1. The van der Waals surface area contributed by atoms with Crippen molar-refractivity contribution >= 4 is 11.9 Å². The second kappa shape index (κ2) is 5.37. The summed E-state index contributed by atoms with van der Waals surface area (Å²) in [4.78, 5) is 22.6. The average molecular weight is 256 g/mol. The van der Waals surface area contributed by atoms with Crippen LogP contribution < -0.4 is 0 Å². The predicted octanol–water partition coefficient (Wildman–Crippen LogP) is 2.23. The molecule has 100 valence electrons. The van der Waals surface area contributed by atoms with Gasteiger partial charge in [0.05, 0.1) is 13.0 Å². The number of halogens is 3. The highest BCUT2D eigenvalue weighted by atomic mass is 19.4. The minimum Gasteiger partial charge on any atom is -0.480 e. The van der Waals surface area contributed by atoms with Gasteiger partial charge in [-0.05, 0) is 12.8 Å². The zero-order valence-electron chi connectivity index (χ0n) is 9.80. The molecule has 0 spiro atoms. The number of carbonyl (C=O) groups is 2. The Morgan fingerprint density at radius 3 is 2.00 bits per heavy atom. The summed E-state index contributed by atoms with van der Waals surface area (Å²) in [5, 5.41) is 8.95. The Morgan fingerprint density at radius 1 is 1.29 bits per heavy atom. The third kappa shape index (κ3) is 3.61. The van der Waals surface area contributed by atoms with E-state index >= 15 is 0 Å². The monoisotopic (exact) mass is 256 g/mol. The van der Waals surface area contributed by atoms with E-state index in [4.69, 9.17) is 5.11 Å². The van der Waals surface area contributed by atoms with Gasteiger partial charge in [0.25, 0.3) is 0 Å². The second-order valence-corrected chi connectivity index (χ2v) is 3.94. The molecule has 7 heteroatoms. The summed E-state index contributed by atoms with van der Waals surface area (Å²) in [5.74, 6) is -4.19. The van der Waals surface area contributed by atoms with E-state index < -0.39 is 35.9 Å². The maximum Gasteiger partial charge on any atom is 0.390 e. The molecule has 0 aliphatic rings. The highest BCUT2D eigenvalue weighted by Crippen LogP contribution is 2.40. The third-order valence-corrected chi connectivity index (χ3v) is 2.49. The molecule has 0 aromatic heterocycles. The maximum absolute atomic E-state index is 12.4. The van der Waals surface area contributed by atoms with E-state index in [0.29, 0.717) is 0 Å². The molecule has 0 heterocycles. The topological polar surface area (TPSA) is 63.6 Å². The minimum atomic E-state index is -4.75. The molecule has 0 aromatic carbocycles. The molecule has 0 rings (SSSR count). The van der Waals surface area contributed by atoms with Crippen molar-refractivity contribution in [3.8, 4) is 0 Å². The number of ether oxygens (including phenoxy) is 1. The quantitative estimate of drug-likeness (QED) is 0.605. The fraction of sp³-hybridized carbons (Fsp3) is 0.800. The normalized spacial score (nSPS) is 15.5. The zero-order valence-corrected chi connectivity index (χ0v) is 9.80. The lowest BCUT2D eigenvalue weighted by Gasteiger charge is -2.31. The number of alkyl halides is 3. The Labute approximate surface area is 96.8 Å². The molecule has 0 bridgehead atoms. The second-order valence-electron chi connectivity index (χ2n) is 3.94. The summed E-state index contributed by atoms with van der Waals surface area (Å²) < 4.78 is 41.7. The summed E-state index contributed by atoms with van der Waals surface area (Å²) in [6.45, 7) is 3.73. The van der Waals surface area contributed by atoms with Crippen molar-refractivity contribution in [3.05, 3.63) is 0 Å². The van der Waals surface area contributed by atoms with Crippen molar-refractivity contribution in [2.75, 3.05) is 6.61 Å². The third-order valence-electron chi connectivity index (χ3n) is 2.49. The van der Waals surface area contributed by atoms with E-state index in [1.807, 2.05) is 0 Å². The van der Waals surface area contributed by atoms with Crippen molar-refractivity contribution in [1.82, 2.24) is 0 Å². The highest BCUT2D eigenvalue weighted by molar-refractivity contribution is 5.99. The Morgan fingerprint density at radius 2 is 1.76 bits per heavy atom. The van der Waals surface area contributed by atoms with Crippen LogP contribution in [0.15, 0.2) is 0 Å². The molecule has 1 N–H and O–H groups in total. The lowest BCUT2D eigenvalue weighted by atomic mass is 9.74. The molecule has 0 saturated carbocycles. The van der Waals surface area contributed by atoms with Crippen LogP contribution in [0, 0.1) is 11.3 Å². The van der Waals surface area contributed by atoms with Crippen molar-refractivity contribution in [3.63, 3.8) is 0 Å². The van der Waals surface area contributed by atoms with Gasteiger partial charge in [0.1, 0.15) is 0 Å². The molecule has 1 atom stereocenters. The van der Waals surface area contributed by atoms with Gasteiger partial charge in [-0.1, -0.05) is 13.8 Å². The Hall–Kier alpha value is -1.27. The fourth-order valence-corrected chi connectivity index (χ4v) is 1.50. The summed E-state index contributed by atoms with van der Waals surface area (Å²) >= 11 is 0. The van der Waals surface area contributed by atoms with Gasteiger partial charge in [-0.2, -0.15) is 13.2 Å². The van der Waals surface area contributed by atoms with E-state index in [1.165, 1.54) is 20.8 Å². The number of rotatable bonds is 5. The van der Waals surface area contributed by atoms with Crippen molar-refractivity contribution in [2.45, 2.75) is 33.4 Å². The van der Waals surface area contributed by atoms with Gasteiger partial charge < -0.3 is 9.84 Å². The molecule has 0 saturated heterocycles. The summed E-state index contributed by atoms with van der Waals surface area (Å²) in [5.41, 5.74) is -2.58. The lowest BCUT2D eigenvalue weighted by Crippen LogP contribution is -2.48. The van der Waals surface area contributed by atoms with Gasteiger partial charge in [-0.25, -0.2) is 0 Å². The van der Waals surface area contributed by atoms with Crippen LogP contribution in [0.25, 0.3) is 0 Å². The molecule has 17 heavy (non-hydrogen) atoms. The summed E-state index contributed by atoms with van der Waals surface area (Å²) in [7, 11) is 0. The fourth-order valence-electron chi connectivity index (χ4n) is 1.50. The molecule has 0 amide bonds. The first kappa shape index (κ1) is 15.7. The van der Waals surface area contributed by atoms with Gasteiger partial charge in [0, 0.05) is 0 Å². The molecule has 0 aliphatic carbocycles. The first-order valence-electron chi connectivity index (χ1n) is 5.05. The van der Waals surface area contributed by atoms with Gasteiger partial charge in [-0.3, -0.25) is 9.59 Å². The van der Waals surface area contributed by atoms with E-state index in [2.05, 4.69) is 4.74 Å². The lowest BCUT2D eigenvalue weighted by molar-refractivity contribution is -0.198. The summed E-state index contributed by atoms with van der Waals surface area (Å²) in [6.07, 6.45) is -6.48. The standard InChI is InChI=1S/C10H15F3O4/c1-4-17-8(16)9(6(2)3,7(14)15)5-10(11,12)13/h6H,4-5H2,1-3H3,(H,14,15). The van der Waals surface area contributed by atoms with Gasteiger partial charge in [0.15, 0.2) is 5.41 Å². The first-order chi connectivity index (χ1) is 7.58. The van der Waals surface area contributed by atoms with Crippen LogP contribution >= 0.6 is 0 Å². The predicted molar refractivity (Wildman–Crippen MR) is 52.2 cm³/mol.